The van der Waals surface area contributed by atoms with Crippen molar-refractivity contribution in [1.29, 1.82) is 0 Å². The number of terminal acetylenes is 1. The van der Waals surface area contributed by atoms with Crippen molar-refractivity contribution in [3.05, 3.63) is 0 Å². The molecular weight excluding hydrogens is 208 g/mol. The first-order valence-electron chi connectivity index (χ1n) is 4.89. The van der Waals surface area contributed by atoms with Crippen LogP contribution in [-0.2, 0) is 0 Å². The van der Waals surface area contributed by atoms with Crippen LogP contribution in [0.4, 0.5) is 5.95 Å². The molecule has 0 fully saturated rings. The van der Waals surface area contributed by atoms with Crippen LogP contribution in [0.3, 0.4) is 0 Å². The fourth-order valence-corrected chi connectivity index (χ4v) is 0.888. The Bertz CT molecular complexity index is 389. The number of nitrogens with one attached hydrogen (secondary N) is 1. The van der Waals surface area contributed by atoms with E-state index in [1.807, 2.05) is 6.92 Å². The summed E-state index contributed by atoms with van der Waals surface area (Å²) < 4.78 is 10.4. The quantitative estimate of drug-likeness (QED) is 0.740. The predicted octanol–water partition coefficient (Wildman–Crippen LogP) is 0.712. The molecule has 0 aromatic carbocycles. The zero-order valence-electron chi connectivity index (χ0n) is 9.52. The molecule has 1 N–H and O–H groups in total. The van der Waals surface area contributed by atoms with Crippen LogP contribution in [0.2, 0.25) is 0 Å². The van der Waals surface area contributed by atoms with Crippen molar-refractivity contribution in [3.63, 3.8) is 0 Å². The second-order valence-electron chi connectivity index (χ2n) is 2.83. The molecule has 0 spiro atoms. The normalized spacial score (nSPS) is 11.4. The molecule has 1 rings (SSSR count). The maximum absolute atomic E-state index is 5.27. The summed E-state index contributed by atoms with van der Waals surface area (Å²) in [6.45, 7) is 4.04. The molecule has 6 nitrogen and oxygen atoms in total. The van der Waals surface area contributed by atoms with Crippen molar-refractivity contribution in [1.82, 2.24) is 15.0 Å². The van der Waals surface area contributed by atoms with E-state index in [4.69, 9.17) is 15.9 Å². The Hall–Kier alpha value is -2.03. The van der Waals surface area contributed by atoms with Crippen LogP contribution >= 0.6 is 0 Å². The van der Waals surface area contributed by atoms with Crippen LogP contribution in [0.5, 0.6) is 12.0 Å². The largest absolute Gasteiger partial charge is 0.464 e. The lowest BCUT2D eigenvalue weighted by molar-refractivity contribution is 0.243. The molecular formula is C10H14N4O2. The highest BCUT2D eigenvalue weighted by Crippen LogP contribution is 2.13. The molecule has 1 aromatic rings. The van der Waals surface area contributed by atoms with Gasteiger partial charge in [-0.25, -0.2) is 0 Å². The van der Waals surface area contributed by atoms with E-state index in [1.54, 1.807) is 14.0 Å². The Morgan fingerprint density at radius 2 is 2.06 bits per heavy atom. The molecule has 6 heteroatoms. The number of hydrogen-bond donors (Lipinski definition) is 1. The van der Waals surface area contributed by atoms with E-state index in [-0.39, 0.29) is 12.0 Å². The third-order valence-electron chi connectivity index (χ3n) is 1.61. The van der Waals surface area contributed by atoms with Crippen molar-refractivity contribution in [2.24, 2.45) is 0 Å². The van der Waals surface area contributed by atoms with Gasteiger partial charge < -0.3 is 14.8 Å². The SMILES string of the molecule is C#CC(C)Oc1nc(NC)nc(OCC)n1. The van der Waals surface area contributed by atoms with Crippen molar-refractivity contribution < 1.29 is 9.47 Å². The molecule has 16 heavy (non-hydrogen) atoms. The smallest absolute Gasteiger partial charge is 0.325 e. The van der Waals surface area contributed by atoms with Gasteiger partial charge >= 0.3 is 12.0 Å². The van der Waals surface area contributed by atoms with E-state index in [0.29, 0.717) is 12.6 Å². The minimum atomic E-state index is -0.401. The third kappa shape index (κ3) is 3.28. The summed E-state index contributed by atoms with van der Waals surface area (Å²) in [4.78, 5) is 11.9. The Balaban J connectivity index is 2.91. The first kappa shape index (κ1) is 12.0. The summed E-state index contributed by atoms with van der Waals surface area (Å²) in [5.41, 5.74) is 0. The van der Waals surface area contributed by atoms with Gasteiger partial charge in [0.15, 0.2) is 6.10 Å². The van der Waals surface area contributed by atoms with Gasteiger partial charge in [0, 0.05) is 7.05 Å². The second kappa shape index (κ2) is 5.75. The van der Waals surface area contributed by atoms with E-state index in [9.17, 15) is 0 Å². The van der Waals surface area contributed by atoms with Gasteiger partial charge in [0.25, 0.3) is 0 Å². The molecule has 1 unspecified atom stereocenters. The number of anilines is 1. The lowest BCUT2D eigenvalue weighted by Crippen LogP contribution is -2.13. The molecule has 0 radical (unpaired) electrons. The van der Waals surface area contributed by atoms with E-state index < -0.39 is 6.10 Å². The van der Waals surface area contributed by atoms with Crippen LogP contribution in [0.15, 0.2) is 0 Å². The molecule has 0 aliphatic heterocycles. The predicted molar refractivity (Wildman–Crippen MR) is 59.5 cm³/mol. The number of ether oxygens (including phenoxy) is 2. The van der Waals surface area contributed by atoms with E-state index in [2.05, 4.69) is 26.2 Å². The molecule has 1 heterocycles. The summed E-state index contributed by atoms with van der Waals surface area (Å²) >= 11 is 0. The van der Waals surface area contributed by atoms with E-state index >= 15 is 0 Å². The molecule has 0 saturated heterocycles. The van der Waals surface area contributed by atoms with Crippen LogP contribution < -0.4 is 14.8 Å². The Morgan fingerprint density at radius 3 is 2.62 bits per heavy atom. The fraction of sp³-hybridized carbons (Fsp3) is 0.500. The maximum atomic E-state index is 5.27. The lowest BCUT2D eigenvalue weighted by Gasteiger charge is -2.09. The van der Waals surface area contributed by atoms with Gasteiger partial charge in [-0.3, -0.25) is 0 Å². The lowest BCUT2D eigenvalue weighted by atomic mass is 10.4. The van der Waals surface area contributed by atoms with Crippen molar-refractivity contribution >= 4 is 5.95 Å². The van der Waals surface area contributed by atoms with Gasteiger partial charge in [0.1, 0.15) is 0 Å². The highest BCUT2D eigenvalue weighted by molar-refractivity contribution is 5.26. The van der Waals surface area contributed by atoms with Gasteiger partial charge in [-0.1, -0.05) is 5.92 Å². The fourth-order valence-electron chi connectivity index (χ4n) is 0.888. The second-order valence-corrected chi connectivity index (χ2v) is 2.83. The minimum absolute atomic E-state index is 0.147. The zero-order valence-corrected chi connectivity index (χ0v) is 9.52. The molecule has 0 saturated carbocycles. The topological polar surface area (TPSA) is 69.2 Å². The monoisotopic (exact) mass is 222 g/mol. The third-order valence-corrected chi connectivity index (χ3v) is 1.61. The highest BCUT2D eigenvalue weighted by Gasteiger charge is 2.09. The van der Waals surface area contributed by atoms with Gasteiger partial charge in [-0.2, -0.15) is 9.97 Å². The van der Waals surface area contributed by atoms with E-state index in [1.165, 1.54) is 0 Å². The summed E-state index contributed by atoms with van der Waals surface area (Å²) in [5, 5.41) is 2.78. The number of hydrogen-bond acceptors (Lipinski definition) is 6. The zero-order chi connectivity index (χ0) is 12.0. The van der Waals surface area contributed by atoms with Crippen LogP contribution in [-0.4, -0.2) is 34.7 Å². The Kier molecular flexibility index (Phi) is 4.33. The molecule has 0 bridgehead atoms. The molecule has 0 amide bonds. The first-order valence-corrected chi connectivity index (χ1v) is 4.89. The van der Waals surface area contributed by atoms with E-state index in [0.717, 1.165) is 0 Å². The Labute approximate surface area is 94.4 Å². The maximum Gasteiger partial charge on any atom is 0.325 e. The van der Waals surface area contributed by atoms with Crippen molar-refractivity contribution in [2.45, 2.75) is 20.0 Å². The molecule has 0 aliphatic carbocycles. The van der Waals surface area contributed by atoms with Gasteiger partial charge in [0.2, 0.25) is 5.95 Å². The number of rotatable bonds is 5. The first-order chi connectivity index (χ1) is 7.69. The average molecular weight is 222 g/mol. The van der Waals surface area contributed by atoms with Crippen LogP contribution in [0.25, 0.3) is 0 Å². The van der Waals surface area contributed by atoms with Gasteiger partial charge in [-0.05, 0) is 13.8 Å². The summed E-state index contributed by atoms with van der Waals surface area (Å²) in [6, 6.07) is 0.356. The minimum Gasteiger partial charge on any atom is -0.464 e. The van der Waals surface area contributed by atoms with Crippen LogP contribution in [0, 0.1) is 12.3 Å². The molecule has 86 valence electrons. The summed E-state index contributed by atoms with van der Waals surface area (Å²) in [7, 11) is 1.69. The van der Waals surface area contributed by atoms with Gasteiger partial charge in [0.05, 0.1) is 6.61 Å². The Morgan fingerprint density at radius 1 is 1.38 bits per heavy atom. The number of nitrogens with zero attached hydrogens (tertiary/aromatic N) is 3. The summed E-state index contributed by atoms with van der Waals surface area (Å²) in [5.74, 6) is 2.79. The van der Waals surface area contributed by atoms with Gasteiger partial charge in [-0.15, -0.1) is 11.4 Å². The standard InChI is InChI=1S/C10H14N4O2/c1-5-7(3)16-10-13-8(11-4)12-9(14-10)15-6-2/h1,7H,6H2,2-4H3,(H,11,12,13,14). The average Bonchev–Trinajstić information content (AvgIpc) is 2.29. The summed E-state index contributed by atoms with van der Waals surface area (Å²) in [6.07, 6.45) is 4.79. The van der Waals surface area contributed by atoms with Crippen molar-refractivity contribution in [3.8, 4) is 24.4 Å². The number of aromatic nitrogens is 3. The highest BCUT2D eigenvalue weighted by atomic mass is 16.5. The molecule has 1 atom stereocenters. The molecule has 1 aromatic heterocycles. The molecule has 0 aliphatic rings. The van der Waals surface area contributed by atoms with Crippen molar-refractivity contribution in [2.75, 3.05) is 19.0 Å². The van der Waals surface area contributed by atoms with Crippen LogP contribution in [0.1, 0.15) is 13.8 Å².